The van der Waals surface area contributed by atoms with Gasteiger partial charge in [0, 0.05) is 31.0 Å². The second-order valence-corrected chi connectivity index (χ2v) is 4.04. The van der Waals surface area contributed by atoms with Crippen molar-refractivity contribution in [3.05, 3.63) is 18.0 Å². The molecule has 0 aromatic carbocycles. The van der Waals surface area contributed by atoms with Gasteiger partial charge >= 0.3 is 0 Å². The number of rotatable bonds is 5. The minimum absolute atomic E-state index is 0.467. The molecule has 1 atom stereocenters. The van der Waals surface area contributed by atoms with E-state index >= 15 is 0 Å². The molecular formula is C11H18ClN3. The van der Waals surface area contributed by atoms with E-state index in [-0.39, 0.29) is 0 Å². The predicted octanol–water partition coefficient (Wildman–Crippen LogP) is 2.84. The fourth-order valence-electron chi connectivity index (χ4n) is 1.41. The monoisotopic (exact) mass is 227 g/mol. The van der Waals surface area contributed by atoms with Crippen LogP contribution in [0.25, 0.3) is 0 Å². The first kappa shape index (κ1) is 12.2. The number of hydrogen-bond donors (Lipinski definition) is 0. The standard InChI is InChI=1S/C11H18ClN3/c1-4-5-9(2)15(3)11-13-7-10(6-12)8-14-11/h7-9H,4-6H2,1-3H3. The Labute approximate surface area is 96.5 Å². The van der Waals surface area contributed by atoms with Crippen LogP contribution in [0.3, 0.4) is 0 Å². The van der Waals surface area contributed by atoms with Gasteiger partial charge in [0.15, 0.2) is 0 Å². The lowest BCUT2D eigenvalue weighted by Crippen LogP contribution is -2.30. The van der Waals surface area contributed by atoms with E-state index in [1.165, 1.54) is 6.42 Å². The molecule has 1 heterocycles. The Bertz CT molecular complexity index is 286. The summed E-state index contributed by atoms with van der Waals surface area (Å²) < 4.78 is 0. The Morgan fingerprint density at radius 2 is 2.00 bits per heavy atom. The lowest BCUT2D eigenvalue weighted by atomic mass is 10.2. The van der Waals surface area contributed by atoms with Crippen LogP contribution in [-0.2, 0) is 5.88 Å². The fraction of sp³-hybridized carbons (Fsp3) is 0.636. The minimum Gasteiger partial charge on any atom is -0.341 e. The van der Waals surface area contributed by atoms with Crippen molar-refractivity contribution in [1.82, 2.24) is 9.97 Å². The average molecular weight is 228 g/mol. The first-order valence-corrected chi connectivity index (χ1v) is 5.82. The molecule has 4 heteroatoms. The molecule has 1 rings (SSSR count). The van der Waals surface area contributed by atoms with Crippen molar-refractivity contribution >= 4 is 17.5 Å². The van der Waals surface area contributed by atoms with Crippen LogP contribution < -0.4 is 4.90 Å². The van der Waals surface area contributed by atoms with Crippen LogP contribution in [-0.4, -0.2) is 23.1 Å². The fourth-order valence-corrected chi connectivity index (χ4v) is 1.55. The highest BCUT2D eigenvalue weighted by molar-refractivity contribution is 6.17. The topological polar surface area (TPSA) is 29.0 Å². The van der Waals surface area contributed by atoms with E-state index in [1.54, 1.807) is 12.4 Å². The summed E-state index contributed by atoms with van der Waals surface area (Å²) in [5.41, 5.74) is 0.956. The van der Waals surface area contributed by atoms with E-state index in [0.29, 0.717) is 11.9 Å². The second-order valence-electron chi connectivity index (χ2n) is 3.77. The van der Waals surface area contributed by atoms with Crippen LogP contribution >= 0.6 is 11.6 Å². The molecule has 0 N–H and O–H groups in total. The van der Waals surface area contributed by atoms with Gasteiger partial charge in [-0.05, 0) is 13.3 Å². The SMILES string of the molecule is CCCC(C)N(C)c1ncc(CCl)cn1. The lowest BCUT2D eigenvalue weighted by Gasteiger charge is -2.24. The molecular weight excluding hydrogens is 210 g/mol. The van der Waals surface area contributed by atoms with Gasteiger partial charge in [-0.3, -0.25) is 0 Å². The molecule has 0 bridgehead atoms. The van der Waals surface area contributed by atoms with E-state index in [1.807, 2.05) is 7.05 Å². The first-order valence-electron chi connectivity index (χ1n) is 5.28. The van der Waals surface area contributed by atoms with E-state index in [2.05, 4.69) is 28.7 Å². The molecule has 0 aliphatic rings. The summed E-state index contributed by atoms with van der Waals surface area (Å²) in [5.74, 6) is 1.24. The van der Waals surface area contributed by atoms with E-state index in [0.717, 1.165) is 17.9 Å². The predicted molar refractivity (Wildman–Crippen MR) is 64.4 cm³/mol. The maximum atomic E-state index is 5.68. The molecule has 3 nitrogen and oxygen atoms in total. The highest BCUT2D eigenvalue weighted by atomic mass is 35.5. The van der Waals surface area contributed by atoms with Crippen molar-refractivity contribution in [2.75, 3.05) is 11.9 Å². The average Bonchev–Trinajstić information content (AvgIpc) is 2.28. The summed E-state index contributed by atoms with van der Waals surface area (Å²) in [6, 6.07) is 0.469. The molecule has 0 saturated heterocycles. The molecule has 0 aliphatic carbocycles. The number of hydrogen-bond acceptors (Lipinski definition) is 3. The molecule has 0 saturated carbocycles. The zero-order valence-corrected chi connectivity index (χ0v) is 10.3. The van der Waals surface area contributed by atoms with Gasteiger partial charge in [0.2, 0.25) is 5.95 Å². The minimum atomic E-state index is 0.467. The van der Waals surface area contributed by atoms with Gasteiger partial charge in [-0.15, -0.1) is 11.6 Å². The van der Waals surface area contributed by atoms with Gasteiger partial charge in [0.1, 0.15) is 0 Å². The van der Waals surface area contributed by atoms with Gasteiger partial charge in [-0.2, -0.15) is 0 Å². The first-order chi connectivity index (χ1) is 7.19. The summed E-state index contributed by atoms with van der Waals surface area (Å²) in [6.07, 6.45) is 5.89. The van der Waals surface area contributed by atoms with Crippen molar-refractivity contribution < 1.29 is 0 Å². The summed E-state index contributed by atoms with van der Waals surface area (Å²) in [7, 11) is 2.02. The maximum Gasteiger partial charge on any atom is 0.225 e. The number of nitrogens with zero attached hydrogens (tertiary/aromatic N) is 3. The third kappa shape index (κ3) is 3.34. The molecule has 0 spiro atoms. The number of alkyl halides is 1. The van der Waals surface area contributed by atoms with Crippen LogP contribution in [0.15, 0.2) is 12.4 Å². The van der Waals surface area contributed by atoms with Gasteiger partial charge < -0.3 is 4.90 Å². The third-order valence-corrected chi connectivity index (χ3v) is 2.84. The Balaban J connectivity index is 2.69. The van der Waals surface area contributed by atoms with Crippen LogP contribution in [0.1, 0.15) is 32.3 Å². The molecule has 15 heavy (non-hydrogen) atoms. The molecule has 0 amide bonds. The quantitative estimate of drug-likeness (QED) is 0.725. The smallest absolute Gasteiger partial charge is 0.225 e. The zero-order valence-electron chi connectivity index (χ0n) is 9.57. The Kier molecular flexibility index (Phi) is 4.82. The van der Waals surface area contributed by atoms with Crippen molar-refractivity contribution in [1.29, 1.82) is 0 Å². The van der Waals surface area contributed by atoms with E-state index in [9.17, 15) is 0 Å². The van der Waals surface area contributed by atoms with Crippen LogP contribution in [0, 0.1) is 0 Å². The van der Waals surface area contributed by atoms with E-state index < -0.39 is 0 Å². The molecule has 0 fully saturated rings. The summed E-state index contributed by atoms with van der Waals surface area (Å²) in [5, 5.41) is 0. The molecule has 1 aromatic rings. The van der Waals surface area contributed by atoms with Crippen molar-refractivity contribution in [3.8, 4) is 0 Å². The van der Waals surface area contributed by atoms with Crippen LogP contribution in [0.2, 0.25) is 0 Å². The van der Waals surface area contributed by atoms with Gasteiger partial charge in [-0.25, -0.2) is 9.97 Å². The molecule has 0 aliphatic heterocycles. The van der Waals surface area contributed by atoms with Crippen molar-refractivity contribution in [3.63, 3.8) is 0 Å². The van der Waals surface area contributed by atoms with Crippen LogP contribution in [0.5, 0.6) is 0 Å². The van der Waals surface area contributed by atoms with Crippen LogP contribution in [0.4, 0.5) is 5.95 Å². The van der Waals surface area contributed by atoms with Crippen molar-refractivity contribution in [2.24, 2.45) is 0 Å². The summed E-state index contributed by atoms with van der Waals surface area (Å²) >= 11 is 5.68. The Hall–Kier alpha value is -0.830. The molecule has 1 aromatic heterocycles. The third-order valence-electron chi connectivity index (χ3n) is 2.53. The van der Waals surface area contributed by atoms with Gasteiger partial charge in [0.05, 0.1) is 5.88 Å². The van der Waals surface area contributed by atoms with Gasteiger partial charge in [0.25, 0.3) is 0 Å². The molecule has 84 valence electrons. The van der Waals surface area contributed by atoms with Gasteiger partial charge in [-0.1, -0.05) is 13.3 Å². The zero-order chi connectivity index (χ0) is 11.3. The lowest BCUT2D eigenvalue weighted by molar-refractivity contribution is 0.605. The number of halogens is 1. The summed E-state index contributed by atoms with van der Waals surface area (Å²) in [4.78, 5) is 10.7. The normalized spacial score (nSPS) is 12.5. The Morgan fingerprint density at radius 3 is 2.47 bits per heavy atom. The maximum absolute atomic E-state index is 5.68. The second kappa shape index (κ2) is 5.91. The highest BCUT2D eigenvalue weighted by Gasteiger charge is 2.10. The van der Waals surface area contributed by atoms with Crippen molar-refractivity contribution in [2.45, 2.75) is 38.6 Å². The molecule has 1 unspecified atom stereocenters. The Morgan fingerprint density at radius 1 is 1.40 bits per heavy atom. The largest absolute Gasteiger partial charge is 0.341 e. The highest BCUT2D eigenvalue weighted by Crippen LogP contribution is 2.12. The summed E-state index contributed by atoms with van der Waals surface area (Å²) in [6.45, 7) is 4.37. The molecule has 0 radical (unpaired) electrons. The van der Waals surface area contributed by atoms with E-state index in [4.69, 9.17) is 11.6 Å². The number of aromatic nitrogens is 2. The number of anilines is 1.